The number of methoxy groups -OCH3 is 1. The second-order valence-corrected chi connectivity index (χ2v) is 10.9. The van der Waals surface area contributed by atoms with Crippen LogP contribution in [0.4, 0.5) is 0 Å². The zero-order chi connectivity index (χ0) is 26.1. The van der Waals surface area contributed by atoms with Gasteiger partial charge in [-0.25, -0.2) is 4.79 Å². The Kier molecular flexibility index (Phi) is 7.22. The molecule has 2 aromatic carbocycles. The molecule has 0 amide bonds. The molecule has 7 nitrogen and oxygen atoms in total. The van der Waals surface area contributed by atoms with Crippen molar-refractivity contribution in [3.05, 3.63) is 59.1 Å². The summed E-state index contributed by atoms with van der Waals surface area (Å²) in [5, 5.41) is 1.02. The summed E-state index contributed by atoms with van der Waals surface area (Å²) in [6, 6.07) is 14.9. The van der Waals surface area contributed by atoms with Crippen molar-refractivity contribution in [2.45, 2.75) is 57.1 Å². The van der Waals surface area contributed by atoms with Gasteiger partial charge in [0.2, 0.25) is 0 Å². The van der Waals surface area contributed by atoms with E-state index >= 15 is 0 Å². The molecular formula is C31H38N4O3. The predicted octanol–water partition coefficient (Wildman–Crippen LogP) is 5.55. The Labute approximate surface area is 224 Å². The molecule has 6 rings (SSSR count). The van der Waals surface area contributed by atoms with Crippen molar-refractivity contribution in [3.63, 3.8) is 0 Å². The molecule has 38 heavy (non-hydrogen) atoms. The highest BCUT2D eigenvalue weighted by atomic mass is 16.5. The highest BCUT2D eigenvalue weighted by molar-refractivity contribution is 6.04. The second kappa shape index (κ2) is 10.9. The Morgan fingerprint density at radius 3 is 2.45 bits per heavy atom. The fourth-order valence-electron chi connectivity index (χ4n) is 6.31. The average Bonchev–Trinajstić information content (AvgIpc) is 3.57. The minimum Gasteiger partial charge on any atom is -0.494 e. The summed E-state index contributed by atoms with van der Waals surface area (Å²) in [4.78, 5) is 20.6. The molecule has 0 radical (unpaired) electrons. The van der Waals surface area contributed by atoms with E-state index in [2.05, 4.69) is 47.4 Å². The van der Waals surface area contributed by atoms with Gasteiger partial charge in [-0.2, -0.15) is 0 Å². The quantitative estimate of drug-likeness (QED) is 0.289. The Hall–Kier alpha value is -3.16. The average molecular weight is 515 g/mol. The number of fused-ring (bicyclic) bond motifs is 3. The van der Waals surface area contributed by atoms with Gasteiger partial charge in [-0.1, -0.05) is 18.2 Å². The van der Waals surface area contributed by atoms with E-state index in [0.717, 1.165) is 84.1 Å². The molecule has 1 aliphatic heterocycles. The summed E-state index contributed by atoms with van der Waals surface area (Å²) in [6.45, 7) is 4.33. The van der Waals surface area contributed by atoms with Gasteiger partial charge >= 0.3 is 5.69 Å². The first-order chi connectivity index (χ1) is 18.6. The maximum Gasteiger partial charge on any atom is 0.329 e. The monoisotopic (exact) mass is 514 g/mol. The Bertz CT molecular complexity index is 1460. The summed E-state index contributed by atoms with van der Waals surface area (Å²) < 4.78 is 15.4. The third-order valence-corrected chi connectivity index (χ3v) is 8.53. The smallest absolute Gasteiger partial charge is 0.329 e. The molecule has 0 spiro atoms. The van der Waals surface area contributed by atoms with Crippen molar-refractivity contribution in [1.82, 2.24) is 19.0 Å². The van der Waals surface area contributed by atoms with Crippen LogP contribution < -0.4 is 10.4 Å². The van der Waals surface area contributed by atoms with Crippen molar-refractivity contribution in [2.75, 3.05) is 33.4 Å². The van der Waals surface area contributed by atoms with Gasteiger partial charge in [-0.3, -0.25) is 14.1 Å². The lowest BCUT2D eigenvalue weighted by molar-refractivity contribution is 0.0585. The Balaban J connectivity index is 1.26. The summed E-state index contributed by atoms with van der Waals surface area (Å²) in [5.74, 6) is 0.906. The lowest BCUT2D eigenvalue weighted by atomic mass is 9.92. The number of ether oxygens (including phenoxy) is 2. The fraction of sp³-hybridized carbons (Fsp3) is 0.484. The van der Waals surface area contributed by atoms with Crippen LogP contribution in [-0.2, 0) is 11.8 Å². The number of benzene rings is 2. The normalized spacial score (nSPS) is 20.5. The highest BCUT2D eigenvalue weighted by Gasteiger charge is 2.27. The second-order valence-electron chi connectivity index (χ2n) is 10.9. The molecule has 1 saturated heterocycles. The van der Waals surface area contributed by atoms with E-state index < -0.39 is 0 Å². The van der Waals surface area contributed by atoms with Crippen LogP contribution in [0.5, 0.6) is 5.75 Å². The molecule has 2 aliphatic rings. The fourth-order valence-corrected chi connectivity index (χ4v) is 6.31. The number of hydrogen-bond acceptors (Lipinski definition) is 5. The number of aromatic nitrogens is 3. The van der Waals surface area contributed by atoms with Crippen molar-refractivity contribution in [1.29, 1.82) is 0 Å². The van der Waals surface area contributed by atoms with E-state index in [1.54, 1.807) is 11.7 Å². The molecular weight excluding hydrogens is 476 g/mol. The van der Waals surface area contributed by atoms with Gasteiger partial charge in [-0.05, 0) is 93.4 Å². The summed E-state index contributed by atoms with van der Waals surface area (Å²) >= 11 is 0. The zero-order valence-electron chi connectivity index (χ0n) is 22.6. The molecule has 1 saturated carbocycles. The van der Waals surface area contributed by atoms with E-state index in [4.69, 9.17) is 14.5 Å². The van der Waals surface area contributed by atoms with Crippen LogP contribution in [0.25, 0.3) is 33.1 Å². The standard InChI is InChI=1S/C31H38N4O3/c1-33-29-21-32-28-15-8-23(22-6-11-26(12-7-22)38-19-5-18-34-16-3-4-17-34)20-27(28)30(29)35(31(33)36)24-9-13-25(37-2)14-10-24/h6-8,11-12,15,20-21,24-25H,3-5,9-10,13-14,16-19H2,1-2H3/t24-,25+. The largest absolute Gasteiger partial charge is 0.494 e. The van der Waals surface area contributed by atoms with Crippen LogP contribution in [-0.4, -0.2) is 58.5 Å². The van der Waals surface area contributed by atoms with Crippen LogP contribution in [0.1, 0.15) is 51.0 Å². The van der Waals surface area contributed by atoms with E-state index in [9.17, 15) is 4.79 Å². The number of imidazole rings is 1. The van der Waals surface area contributed by atoms with Gasteiger partial charge in [-0.15, -0.1) is 0 Å². The van der Waals surface area contributed by atoms with Crippen molar-refractivity contribution in [3.8, 4) is 16.9 Å². The Morgan fingerprint density at radius 2 is 1.71 bits per heavy atom. The minimum atomic E-state index is 0.0341. The van der Waals surface area contributed by atoms with Crippen molar-refractivity contribution >= 4 is 21.9 Å². The van der Waals surface area contributed by atoms with Crippen LogP contribution >= 0.6 is 0 Å². The van der Waals surface area contributed by atoms with Gasteiger partial charge in [0.05, 0.1) is 35.5 Å². The zero-order valence-corrected chi connectivity index (χ0v) is 22.6. The molecule has 2 aromatic heterocycles. The molecule has 0 N–H and O–H groups in total. The lowest BCUT2D eigenvalue weighted by Crippen LogP contribution is -2.30. The maximum atomic E-state index is 13.4. The first kappa shape index (κ1) is 25.1. The van der Waals surface area contributed by atoms with Crippen LogP contribution in [0, 0.1) is 0 Å². The minimum absolute atomic E-state index is 0.0341. The lowest BCUT2D eigenvalue weighted by Gasteiger charge is -2.28. The van der Waals surface area contributed by atoms with E-state index in [-0.39, 0.29) is 11.7 Å². The Morgan fingerprint density at radius 1 is 0.974 bits per heavy atom. The predicted molar refractivity (Wildman–Crippen MR) is 152 cm³/mol. The molecule has 200 valence electrons. The SMILES string of the molecule is CO[C@H]1CC[C@@H](n2c(=O)n(C)c3cnc4ccc(-c5ccc(OCCCN6CCCC6)cc5)cc4c32)CC1. The molecule has 0 atom stereocenters. The number of aryl methyl sites for hydroxylation is 1. The summed E-state index contributed by atoms with van der Waals surface area (Å²) in [7, 11) is 3.63. The highest BCUT2D eigenvalue weighted by Crippen LogP contribution is 2.35. The van der Waals surface area contributed by atoms with E-state index in [0.29, 0.717) is 6.10 Å². The third-order valence-electron chi connectivity index (χ3n) is 8.53. The first-order valence-electron chi connectivity index (χ1n) is 14.1. The summed E-state index contributed by atoms with van der Waals surface area (Å²) in [5.41, 5.74) is 5.04. The van der Waals surface area contributed by atoms with Crippen LogP contribution in [0.3, 0.4) is 0 Å². The van der Waals surface area contributed by atoms with Crippen molar-refractivity contribution in [2.24, 2.45) is 7.05 Å². The van der Waals surface area contributed by atoms with Gasteiger partial charge in [0.15, 0.2) is 0 Å². The van der Waals surface area contributed by atoms with Gasteiger partial charge in [0, 0.05) is 32.1 Å². The van der Waals surface area contributed by atoms with Gasteiger partial charge < -0.3 is 14.4 Å². The summed E-state index contributed by atoms with van der Waals surface area (Å²) in [6.07, 6.45) is 9.69. The third kappa shape index (κ3) is 4.85. The number of likely N-dealkylation sites (tertiary alicyclic amines) is 1. The molecule has 3 heterocycles. The van der Waals surface area contributed by atoms with E-state index in [1.807, 2.05) is 17.8 Å². The number of nitrogens with zero attached hydrogens (tertiary/aromatic N) is 4. The van der Waals surface area contributed by atoms with E-state index in [1.165, 1.54) is 25.9 Å². The molecule has 1 aliphatic carbocycles. The van der Waals surface area contributed by atoms with Crippen LogP contribution in [0.2, 0.25) is 0 Å². The number of rotatable bonds is 8. The molecule has 4 aromatic rings. The molecule has 2 fully saturated rings. The maximum absolute atomic E-state index is 13.4. The van der Waals surface area contributed by atoms with Crippen LogP contribution in [0.15, 0.2) is 53.5 Å². The van der Waals surface area contributed by atoms with Gasteiger partial charge in [0.1, 0.15) is 5.75 Å². The molecule has 7 heteroatoms. The molecule has 0 bridgehead atoms. The number of hydrogen-bond donors (Lipinski definition) is 0. The van der Waals surface area contributed by atoms with Crippen molar-refractivity contribution < 1.29 is 9.47 Å². The topological polar surface area (TPSA) is 61.5 Å². The first-order valence-corrected chi connectivity index (χ1v) is 14.1. The number of pyridine rings is 1. The van der Waals surface area contributed by atoms with Gasteiger partial charge in [0.25, 0.3) is 0 Å². The molecule has 0 unspecified atom stereocenters.